The van der Waals surface area contributed by atoms with Crippen molar-refractivity contribution in [1.82, 2.24) is 0 Å². The second-order valence-corrected chi connectivity index (χ2v) is 3.34. The lowest BCUT2D eigenvalue weighted by molar-refractivity contribution is -0.111. The Labute approximate surface area is 97.6 Å². The molecule has 0 spiro atoms. The molecule has 0 unspecified atom stereocenters. The first-order valence-electron chi connectivity index (χ1n) is 5.02. The number of halogens is 1. The Hall–Kier alpha value is -2.36. The van der Waals surface area contributed by atoms with Gasteiger partial charge in [0.15, 0.2) is 0 Å². The van der Waals surface area contributed by atoms with Crippen LogP contribution in [0.25, 0.3) is 6.08 Å². The summed E-state index contributed by atoms with van der Waals surface area (Å²) in [7, 11) is 0. The number of hydrogen-bond acceptors (Lipinski definition) is 2. The lowest BCUT2D eigenvalue weighted by Gasteiger charge is -2.00. The van der Waals surface area contributed by atoms with Gasteiger partial charge in [0.05, 0.1) is 6.26 Å². The van der Waals surface area contributed by atoms with Gasteiger partial charge >= 0.3 is 0 Å². The Bertz CT molecular complexity index is 515. The molecule has 0 aliphatic rings. The third-order valence-electron chi connectivity index (χ3n) is 2.05. The highest BCUT2D eigenvalue weighted by molar-refractivity contribution is 6.01. The quantitative estimate of drug-likeness (QED) is 0.825. The number of carbonyl (C=O) groups excluding carboxylic acids is 1. The van der Waals surface area contributed by atoms with Gasteiger partial charge in [0.2, 0.25) is 5.91 Å². The zero-order valence-electron chi connectivity index (χ0n) is 8.89. The van der Waals surface area contributed by atoms with Crippen molar-refractivity contribution in [2.75, 3.05) is 5.32 Å². The van der Waals surface area contributed by atoms with Crippen molar-refractivity contribution < 1.29 is 13.6 Å². The van der Waals surface area contributed by atoms with Crippen molar-refractivity contribution in [3.05, 3.63) is 60.3 Å². The van der Waals surface area contributed by atoms with Crippen LogP contribution < -0.4 is 5.32 Å². The van der Waals surface area contributed by atoms with Crippen molar-refractivity contribution >= 4 is 17.7 Å². The second kappa shape index (κ2) is 5.12. The average molecular weight is 231 g/mol. The van der Waals surface area contributed by atoms with E-state index in [-0.39, 0.29) is 11.7 Å². The first kappa shape index (κ1) is 11.1. The fraction of sp³-hybridized carbons (Fsp3) is 0. The maximum Gasteiger partial charge on any atom is 0.248 e. The summed E-state index contributed by atoms with van der Waals surface area (Å²) in [6, 6.07) is 9.03. The van der Waals surface area contributed by atoms with Gasteiger partial charge in [0.25, 0.3) is 0 Å². The van der Waals surface area contributed by atoms with E-state index in [9.17, 15) is 9.18 Å². The average Bonchev–Trinajstić information content (AvgIpc) is 2.83. The number of nitrogens with one attached hydrogen (secondary N) is 1. The molecular weight excluding hydrogens is 221 g/mol. The van der Waals surface area contributed by atoms with Crippen LogP contribution in [0.2, 0.25) is 0 Å². The van der Waals surface area contributed by atoms with Gasteiger partial charge in [-0.15, -0.1) is 0 Å². The van der Waals surface area contributed by atoms with Crippen molar-refractivity contribution in [2.24, 2.45) is 0 Å². The molecule has 1 aromatic heterocycles. The van der Waals surface area contributed by atoms with E-state index >= 15 is 0 Å². The van der Waals surface area contributed by atoms with Gasteiger partial charge in [-0.1, -0.05) is 0 Å². The Morgan fingerprint density at radius 1 is 1.24 bits per heavy atom. The van der Waals surface area contributed by atoms with E-state index in [0.29, 0.717) is 11.4 Å². The van der Waals surface area contributed by atoms with Crippen LogP contribution in [0.3, 0.4) is 0 Å². The van der Waals surface area contributed by atoms with E-state index in [1.54, 1.807) is 18.2 Å². The Morgan fingerprint density at radius 2 is 2.00 bits per heavy atom. The van der Waals surface area contributed by atoms with Crippen LogP contribution in [0.5, 0.6) is 0 Å². The van der Waals surface area contributed by atoms with E-state index in [1.807, 2.05) is 0 Å². The predicted molar refractivity (Wildman–Crippen MR) is 62.8 cm³/mol. The van der Waals surface area contributed by atoms with Gasteiger partial charge in [0, 0.05) is 11.8 Å². The summed E-state index contributed by atoms with van der Waals surface area (Å²) in [5.41, 5.74) is 0.542. The molecule has 0 aliphatic carbocycles. The molecule has 0 radical (unpaired) electrons. The van der Waals surface area contributed by atoms with Crippen LogP contribution in [0.4, 0.5) is 10.1 Å². The summed E-state index contributed by atoms with van der Waals surface area (Å²) < 4.78 is 17.7. The van der Waals surface area contributed by atoms with Crippen LogP contribution >= 0.6 is 0 Å². The molecule has 0 saturated heterocycles. The Morgan fingerprint density at radius 3 is 2.65 bits per heavy atom. The van der Waals surface area contributed by atoms with Gasteiger partial charge in [-0.25, -0.2) is 4.39 Å². The molecule has 2 aromatic rings. The molecule has 2 rings (SSSR count). The first-order valence-corrected chi connectivity index (χ1v) is 5.02. The molecule has 1 heterocycles. The van der Waals surface area contributed by atoms with Crippen molar-refractivity contribution in [1.29, 1.82) is 0 Å². The molecule has 4 heteroatoms. The fourth-order valence-corrected chi connectivity index (χ4v) is 1.26. The zero-order valence-corrected chi connectivity index (χ0v) is 8.89. The Balaban J connectivity index is 1.95. The highest BCUT2D eigenvalue weighted by atomic mass is 19.1. The van der Waals surface area contributed by atoms with Crippen LogP contribution in [-0.2, 0) is 4.79 Å². The third-order valence-corrected chi connectivity index (χ3v) is 2.05. The number of anilines is 1. The number of amides is 1. The van der Waals surface area contributed by atoms with Crippen molar-refractivity contribution in [2.45, 2.75) is 0 Å². The van der Waals surface area contributed by atoms with Gasteiger partial charge in [0.1, 0.15) is 11.6 Å². The van der Waals surface area contributed by atoms with Crippen LogP contribution in [0, 0.1) is 5.82 Å². The standard InChI is InChI=1S/C13H10FNO2/c14-10-3-5-11(6-4-10)15-13(16)8-7-12-2-1-9-17-12/h1-9H,(H,15,16). The minimum Gasteiger partial charge on any atom is -0.465 e. The highest BCUT2D eigenvalue weighted by Gasteiger charge is 1.98. The first-order chi connectivity index (χ1) is 8.24. The normalized spacial score (nSPS) is 10.6. The van der Waals surface area contributed by atoms with Gasteiger partial charge in [-0.2, -0.15) is 0 Å². The largest absolute Gasteiger partial charge is 0.465 e. The van der Waals surface area contributed by atoms with E-state index in [0.717, 1.165) is 0 Å². The molecule has 0 fully saturated rings. The lowest BCUT2D eigenvalue weighted by atomic mass is 10.3. The second-order valence-electron chi connectivity index (χ2n) is 3.34. The molecule has 1 aromatic carbocycles. The SMILES string of the molecule is O=C(C=Cc1ccco1)Nc1ccc(F)cc1. The van der Waals surface area contributed by atoms with E-state index in [1.165, 1.54) is 36.6 Å². The molecule has 0 aliphatic heterocycles. The zero-order chi connectivity index (χ0) is 12.1. The predicted octanol–water partition coefficient (Wildman–Crippen LogP) is 3.07. The number of benzene rings is 1. The number of carbonyl (C=O) groups is 1. The lowest BCUT2D eigenvalue weighted by Crippen LogP contribution is -2.07. The van der Waals surface area contributed by atoms with Crippen LogP contribution in [0.15, 0.2) is 53.2 Å². The van der Waals surface area contributed by atoms with Gasteiger partial charge in [-0.3, -0.25) is 4.79 Å². The summed E-state index contributed by atoms with van der Waals surface area (Å²) >= 11 is 0. The Kier molecular flexibility index (Phi) is 3.35. The molecule has 0 saturated carbocycles. The molecule has 17 heavy (non-hydrogen) atoms. The summed E-state index contributed by atoms with van der Waals surface area (Å²) in [5.74, 6) is -0.0404. The monoisotopic (exact) mass is 231 g/mol. The third kappa shape index (κ3) is 3.31. The fourth-order valence-electron chi connectivity index (χ4n) is 1.26. The summed E-state index contributed by atoms with van der Waals surface area (Å²) in [6.07, 6.45) is 4.43. The molecule has 1 N–H and O–H groups in total. The molecule has 0 atom stereocenters. The van der Waals surface area contributed by atoms with Crippen molar-refractivity contribution in [3.8, 4) is 0 Å². The van der Waals surface area contributed by atoms with Gasteiger partial charge in [-0.05, 0) is 42.5 Å². The maximum absolute atomic E-state index is 12.6. The summed E-state index contributed by atoms with van der Waals surface area (Å²) in [5, 5.41) is 2.60. The minimum absolute atomic E-state index is 0.298. The molecule has 0 bridgehead atoms. The minimum atomic E-state index is -0.339. The number of furan rings is 1. The van der Waals surface area contributed by atoms with Crippen molar-refractivity contribution in [3.63, 3.8) is 0 Å². The molecule has 1 amide bonds. The maximum atomic E-state index is 12.6. The number of rotatable bonds is 3. The molecular formula is C13H10FNO2. The summed E-state index contributed by atoms with van der Waals surface area (Å²) in [4.78, 5) is 11.5. The highest BCUT2D eigenvalue weighted by Crippen LogP contribution is 2.08. The van der Waals surface area contributed by atoms with E-state index in [4.69, 9.17) is 4.42 Å². The van der Waals surface area contributed by atoms with E-state index < -0.39 is 0 Å². The topological polar surface area (TPSA) is 42.2 Å². The number of hydrogen-bond donors (Lipinski definition) is 1. The smallest absolute Gasteiger partial charge is 0.248 e. The van der Waals surface area contributed by atoms with E-state index in [2.05, 4.69) is 5.32 Å². The molecule has 3 nitrogen and oxygen atoms in total. The summed E-state index contributed by atoms with van der Waals surface area (Å²) in [6.45, 7) is 0. The van der Waals surface area contributed by atoms with Crippen LogP contribution in [0.1, 0.15) is 5.76 Å². The molecule has 86 valence electrons. The van der Waals surface area contributed by atoms with Gasteiger partial charge < -0.3 is 9.73 Å². The van der Waals surface area contributed by atoms with Crippen LogP contribution in [-0.4, -0.2) is 5.91 Å².